The molecule has 1 aliphatic carbocycles. The van der Waals surface area contributed by atoms with E-state index in [-0.39, 0.29) is 0 Å². The zero-order chi connectivity index (χ0) is 8.72. The van der Waals surface area contributed by atoms with Crippen LogP contribution < -0.4 is 0 Å². The van der Waals surface area contributed by atoms with E-state index in [1.54, 1.807) is 6.07 Å². The van der Waals surface area contributed by atoms with Crippen LogP contribution in [0, 0.1) is 5.92 Å². The van der Waals surface area contributed by atoms with Crippen molar-refractivity contribution in [3.8, 4) is 5.75 Å². The molecule has 0 aliphatic heterocycles. The maximum Gasteiger partial charge on any atom is 0.115 e. The van der Waals surface area contributed by atoms with Crippen molar-refractivity contribution in [1.29, 1.82) is 0 Å². The summed E-state index contributed by atoms with van der Waals surface area (Å²) in [7, 11) is 0. The third kappa shape index (κ3) is 1.01. The van der Waals surface area contributed by atoms with Crippen LogP contribution in [0.2, 0.25) is 0 Å². The number of hydrogen-bond acceptors (Lipinski definition) is 1. The van der Waals surface area contributed by atoms with Crippen molar-refractivity contribution >= 4 is 0 Å². The Kier molecular flexibility index (Phi) is 1.60. The summed E-state index contributed by atoms with van der Waals surface area (Å²) in [5.41, 5.74) is 2.75. The number of hydrogen-bond donors (Lipinski definition) is 1. The maximum atomic E-state index is 9.27. The lowest BCUT2D eigenvalue weighted by Gasteiger charge is -2.08. The van der Waals surface area contributed by atoms with Gasteiger partial charge in [0.1, 0.15) is 5.75 Å². The molecule has 0 radical (unpaired) electrons. The minimum atomic E-state index is 0.398. The van der Waals surface area contributed by atoms with E-state index in [0.717, 1.165) is 12.3 Å². The molecule has 2 atom stereocenters. The van der Waals surface area contributed by atoms with E-state index >= 15 is 0 Å². The Labute approximate surface area is 73.0 Å². The van der Waals surface area contributed by atoms with Crippen LogP contribution in [0.1, 0.15) is 30.9 Å². The molecule has 2 unspecified atom stereocenters. The molecule has 0 amide bonds. The lowest BCUT2D eigenvalue weighted by Crippen LogP contribution is -1.97. The number of benzene rings is 1. The Bertz CT molecular complexity index is 304. The quantitative estimate of drug-likeness (QED) is 0.621. The van der Waals surface area contributed by atoms with Gasteiger partial charge in [-0.05, 0) is 41.5 Å². The molecule has 1 aromatic rings. The standard InChI is InChI=1S/C11H14O/c1-7-5-9-6-10(12)3-4-11(9)8(7)2/h3-4,6-8,12H,5H2,1-2H3. The Morgan fingerprint density at radius 2 is 2.08 bits per heavy atom. The first kappa shape index (κ1) is 7.66. The van der Waals surface area contributed by atoms with Gasteiger partial charge in [0.05, 0.1) is 0 Å². The van der Waals surface area contributed by atoms with Gasteiger partial charge in [0.15, 0.2) is 0 Å². The molecule has 2 rings (SSSR count). The van der Waals surface area contributed by atoms with Crippen LogP contribution in [-0.2, 0) is 6.42 Å². The van der Waals surface area contributed by atoms with Crippen molar-refractivity contribution in [1.82, 2.24) is 0 Å². The summed E-state index contributed by atoms with van der Waals surface area (Å²) in [5.74, 6) is 1.78. The first-order valence-corrected chi connectivity index (χ1v) is 4.50. The average molecular weight is 162 g/mol. The minimum Gasteiger partial charge on any atom is -0.508 e. The van der Waals surface area contributed by atoms with E-state index in [4.69, 9.17) is 0 Å². The van der Waals surface area contributed by atoms with E-state index < -0.39 is 0 Å². The monoisotopic (exact) mass is 162 g/mol. The molecule has 1 aromatic carbocycles. The molecule has 1 aliphatic rings. The number of phenolic OH excluding ortho intramolecular Hbond substituents is 1. The predicted molar refractivity (Wildman–Crippen MR) is 49.4 cm³/mol. The van der Waals surface area contributed by atoms with Crippen LogP contribution in [0.3, 0.4) is 0 Å². The second kappa shape index (κ2) is 2.51. The van der Waals surface area contributed by atoms with E-state index in [0.29, 0.717) is 11.7 Å². The lowest BCUT2D eigenvalue weighted by atomic mass is 9.97. The highest BCUT2D eigenvalue weighted by molar-refractivity contribution is 5.40. The SMILES string of the molecule is CC1Cc2cc(O)ccc2C1C. The van der Waals surface area contributed by atoms with Crippen LogP contribution in [0.25, 0.3) is 0 Å². The number of fused-ring (bicyclic) bond motifs is 1. The average Bonchev–Trinajstić information content (AvgIpc) is 2.28. The summed E-state index contributed by atoms with van der Waals surface area (Å²) in [4.78, 5) is 0. The number of rotatable bonds is 0. The van der Waals surface area contributed by atoms with Crippen molar-refractivity contribution < 1.29 is 5.11 Å². The van der Waals surface area contributed by atoms with Crippen molar-refractivity contribution in [2.75, 3.05) is 0 Å². The Balaban J connectivity index is 2.47. The summed E-state index contributed by atoms with van der Waals surface area (Å²) in [6.07, 6.45) is 1.12. The summed E-state index contributed by atoms with van der Waals surface area (Å²) < 4.78 is 0. The Morgan fingerprint density at radius 1 is 1.33 bits per heavy atom. The third-order valence-electron chi connectivity index (χ3n) is 3.01. The fourth-order valence-corrected chi connectivity index (χ4v) is 2.04. The second-order valence-corrected chi connectivity index (χ2v) is 3.85. The zero-order valence-corrected chi connectivity index (χ0v) is 7.54. The minimum absolute atomic E-state index is 0.398. The topological polar surface area (TPSA) is 20.2 Å². The smallest absolute Gasteiger partial charge is 0.115 e. The molecule has 1 nitrogen and oxygen atoms in total. The lowest BCUT2D eigenvalue weighted by molar-refractivity contribution is 0.474. The molecule has 0 aromatic heterocycles. The number of phenols is 1. The fourth-order valence-electron chi connectivity index (χ4n) is 2.04. The van der Waals surface area contributed by atoms with Crippen LogP contribution in [-0.4, -0.2) is 5.11 Å². The molecule has 0 spiro atoms. The van der Waals surface area contributed by atoms with Gasteiger partial charge in [-0.3, -0.25) is 0 Å². The molecular formula is C11H14O. The fraction of sp³-hybridized carbons (Fsp3) is 0.455. The van der Waals surface area contributed by atoms with Crippen molar-refractivity contribution in [3.05, 3.63) is 29.3 Å². The van der Waals surface area contributed by atoms with Crippen LogP contribution in [0.15, 0.2) is 18.2 Å². The highest BCUT2D eigenvalue weighted by atomic mass is 16.3. The normalized spacial score (nSPS) is 27.2. The largest absolute Gasteiger partial charge is 0.508 e. The van der Waals surface area contributed by atoms with Crippen molar-refractivity contribution in [3.63, 3.8) is 0 Å². The van der Waals surface area contributed by atoms with E-state index in [2.05, 4.69) is 19.9 Å². The van der Waals surface area contributed by atoms with Crippen LogP contribution in [0.4, 0.5) is 0 Å². The van der Waals surface area contributed by atoms with Gasteiger partial charge in [-0.2, -0.15) is 0 Å². The van der Waals surface area contributed by atoms with Gasteiger partial charge in [0.2, 0.25) is 0 Å². The number of aromatic hydroxyl groups is 1. The molecule has 64 valence electrons. The van der Waals surface area contributed by atoms with E-state index in [1.165, 1.54) is 11.1 Å². The van der Waals surface area contributed by atoms with Crippen molar-refractivity contribution in [2.24, 2.45) is 5.92 Å². The van der Waals surface area contributed by atoms with E-state index in [9.17, 15) is 5.11 Å². The maximum absolute atomic E-state index is 9.27. The summed E-state index contributed by atoms with van der Waals surface area (Å²) in [6, 6.07) is 5.74. The first-order valence-electron chi connectivity index (χ1n) is 4.50. The highest BCUT2D eigenvalue weighted by Crippen LogP contribution is 2.38. The zero-order valence-electron chi connectivity index (χ0n) is 7.54. The molecule has 0 fully saturated rings. The molecule has 12 heavy (non-hydrogen) atoms. The summed E-state index contributed by atoms with van der Waals surface area (Å²) in [5, 5.41) is 9.27. The molecule has 0 saturated carbocycles. The molecule has 1 heteroatoms. The summed E-state index contributed by atoms with van der Waals surface area (Å²) in [6.45, 7) is 4.52. The van der Waals surface area contributed by atoms with E-state index in [1.807, 2.05) is 6.07 Å². The summed E-state index contributed by atoms with van der Waals surface area (Å²) >= 11 is 0. The Morgan fingerprint density at radius 3 is 2.83 bits per heavy atom. The predicted octanol–water partition coefficient (Wildman–Crippen LogP) is 2.69. The van der Waals surface area contributed by atoms with Gasteiger partial charge < -0.3 is 5.11 Å². The third-order valence-corrected chi connectivity index (χ3v) is 3.01. The van der Waals surface area contributed by atoms with Gasteiger partial charge >= 0.3 is 0 Å². The molecule has 0 heterocycles. The van der Waals surface area contributed by atoms with Gasteiger partial charge in [-0.15, -0.1) is 0 Å². The first-order chi connectivity index (χ1) is 5.68. The Hall–Kier alpha value is -0.980. The van der Waals surface area contributed by atoms with Gasteiger partial charge in [0.25, 0.3) is 0 Å². The van der Waals surface area contributed by atoms with Gasteiger partial charge in [-0.1, -0.05) is 19.9 Å². The molecular weight excluding hydrogens is 148 g/mol. The van der Waals surface area contributed by atoms with Crippen LogP contribution >= 0.6 is 0 Å². The van der Waals surface area contributed by atoms with Gasteiger partial charge in [0, 0.05) is 0 Å². The molecule has 1 N–H and O–H groups in total. The van der Waals surface area contributed by atoms with Gasteiger partial charge in [-0.25, -0.2) is 0 Å². The van der Waals surface area contributed by atoms with Crippen molar-refractivity contribution in [2.45, 2.75) is 26.2 Å². The second-order valence-electron chi connectivity index (χ2n) is 3.85. The van der Waals surface area contributed by atoms with Crippen LogP contribution in [0.5, 0.6) is 5.75 Å². The molecule has 0 bridgehead atoms. The molecule has 0 saturated heterocycles. The highest BCUT2D eigenvalue weighted by Gasteiger charge is 2.25.